The summed E-state index contributed by atoms with van der Waals surface area (Å²) in [6.45, 7) is 24.3. The molecule has 6 aromatic rings. The van der Waals surface area contributed by atoms with Crippen LogP contribution >= 0.6 is 31.5 Å². The van der Waals surface area contributed by atoms with Gasteiger partial charge in [-0.1, -0.05) is 37.0 Å². The summed E-state index contributed by atoms with van der Waals surface area (Å²) >= 11 is 12.7. The third-order valence-electron chi connectivity index (χ3n) is 17.0. The van der Waals surface area contributed by atoms with Crippen molar-refractivity contribution in [2.75, 3.05) is 109 Å². The van der Waals surface area contributed by atoms with Gasteiger partial charge in [0.2, 0.25) is 0 Å². The van der Waals surface area contributed by atoms with E-state index < -0.39 is 26.0 Å². The number of aromatic nitrogens is 6. The van der Waals surface area contributed by atoms with Gasteiger partial charge in [-0.3, -0.25) is 20.2 Å². The molecule has 3 atom stereocenters. The van der Waals surface area contributed by atoms with E-state index >= 15 is 0 Å². The van der Waals surface area contributed by atoms with Crippen LogP contribution in [0.5, 0.6) is 0 Å². The molecular formula is C66H92Cl2N15O12P. The number of piperazine rings is 1. The van der Waals surface area contributed by atoms with Crippen molar-refractivity contribution in [1.82, 2.24) is 43.9 Å². The first-order chi connectivity index (χ1) is 46.4. The summed E-state index contributed by atoms with van der Waals surface area (Å²) in [6.07, 6.45) is 8.95. The Labute approximate surface area is 574 Å². The number of nitrogens with zero attached hydrogens (tertiary/aromatic N) is 13. The molecule has 3 N–H and O–H groups in total. The second-order valence-electron chi connectivity index (χ2n) is 25.7. The Bertz CT molecular complexity index is 3750. The molecule has 0 aliphatic carbocycles. The number of carbonyl (C=O) groups is 5. The predicted octanol–water partition coefficient (Wildman–Crippen LogP) is 12.6. The molecule has 4 aromatic heterocycles. The Hall–Kier alpha value is -7.81. The van der Waals surface area contributed by atoms with Crippen molar-refractivity contribution in [3.05, 3.63) is 93.2 Å². The predicted molar refractivity (Wildman–Crippen MR) is 369 cm³/mol. The Balaban J connectivity index is 0.000000225. The SMILES string of the molecule is CC(C)OC(=O)Nc1ccc(Cl)cc1C(=O)N1CCCC[C@H]1c1cc2nc(N3CCC3)cc(N3CCCCC3)n2n1.CC(C)OC(=O)Nc1ccc(Cl)cc1C(=O)N1CCCC[C@H]1c1cc2nc(N3CCC3)cc(N3CCN(C(=O)OC(C)(C)C)CC3)n2n1.O=[P+]([O-])OO.[2H]CC.[HH]. The zero-order valence-corrected chi connectivity index (χ0v) is 58.4. The first kappa shape index (κ1) is 71.0. The molecule has 6 saturated heterocycles. The van der Waals surface area contributed by atoms with E-state index in [1.165, 1.54) is 25.7 Å². The molecule has 0 bridgehead atoms. The minimum atomic E-state index is -3.04. The van der Waals surface area contributed by atoms with Crippen molar-refractivity contribution in [2.45, 2.75) is 163 Å². The zero-order valence-electron chi connectivity index (χ0n) is 57.0. The molecule has 0 saturated carbocycles. The lowest BCUT2D eigenvalue weighted by molar-refractivity contribution is -0.244. The van der Waals surface area contributed by atoms with Gasteiger partial charge in [-0.15, -0.1) is 0 Å². The van der Waals surface area contributed by atoms with Crippen molar-refractivity contribution in [2.24, 2.45) is 0 Å². The van der Waals surface area contributed by atoms with Gasteiger partial charge in [-0.2, -0.15) is 19.2 Å². The van der Waals surface area contributed by atoms with E-state index in [4.69, 9.17) is 73.7 Å². The number of rotatable bonds is 13. The van der Waals surface area contributed by atoms with E-state index in [0.717, 1.165) is 125 Å². The van der Waals surface area contributed by atoms with Crippen molar-refractivity contribution in [3.8, 4) is 0 Å². The van der Waals surface area contributed by atoms with Gasteiger partial charge in [-0.25, -0.2) is 29.6 Å². The molecule has 30 heteroatoms. The zero-order chi connectivity index (χ0) is 69.7. The summed E-state index contributed by atoms with van der Waals surface area (Å²) in [5, 5.41) is 23.5. The van der Waals surface area contributed by atoms with Crippen molar-refractivity contribution >= 4 is 107 Å². The Morgan fingerprint density at radius 1 is 0.604 bits per heavy atom. The lowest BCUT2D eigenvalue weighted by Crippen LogP contribution is -2.50. The van der Waals surface area contributed by atoms with Crippen LogP contribution in [-0.4, -0.2) is 176 Å². The molecule has 0 radical (unpaired) electrons. The average molecular weight is 1390 g/mol. The number of amides is 5. The van der Waals surface area contributed by atoms with E-state index in [9.17, 15) is 24.0 Å². The average Bonchev–Trinajstić information content (AvgIpc) is 1.59. The first-order valence-electron chi connectivity index (χ1n) is 33.8. The standard InChI is InChI=1S/C34H45ClN8O5.C30H38ClN7O3.C2H6.HO4P.H2/c1-22(2)47-32(45)36-25-11-10-23(35)19-24(25)31(44)42-14-7-6-9-27(42)26-20-29-37-28(39-12-8-13-39)21-30(43(29)38-26)40-15-17-41(18-16-40)33(46)48-34(3,4)5;1-20(2)41-30(40)32-23-11-10-21(31)17-22(23)29(39)37-16-7-4-9-25(37)24-18-27-33-26(35-14-8-15-35)19-28(38(27)34-24)36-12-5-3-6-13-36;1-2;1-4-5(2)3;/h10-11,19-22,27H,6-9,12-18H2,1-5H3,(H,36,45);10-11,17-20,25H,3-9,12-16H2,1-2H3,(H,32,40);1-2H3;1H;1H/t27-;25-;;;/m00.../s1/i;;1D;;. The Morgan fingerprint density at radius 3 is 1.38 bits per heavy atom. The molecule has 12 rings (SSSR count). The number of hydrogen-bond acceptors (Lipinski definition) is 20. The van der Waals surface area contributed by atoms with Gasteiger partial charge in [0.15, 0.2) is 11.3 Å². The van der Waals surface area contributed by atoms with E-state index in [-0.39, 0.29) is 43.6 Å². The number of likely N-dealkylation sites (tertiary alicyclic amines) is 2. The summed E-state index contributed by atoms with van der Waals surface area (Å²) in [4.78, 5) is 99.5. The molecule has 5 amide bonds. The quantitative estimate of drug-likeness (QED) is 0.0419. The van der Waals surface area contributed by atoms with Crippen LogP contribution in [0.3, 0.4) is 0 Å². The molecule has 10 heterocycles. The summed E-state index contributed by atoms with van der Waals surface area (Å²) in [6, 6.07) is 17.5. The number of ether oxygens (including phenoxy) is 3. The highest BCUT2D eigenvalue weighted by molar-refractivity contribution is 7.30. The van der Waals surface area contributed by atoms with Gasteiger partial charge in [-0.05, 0) is 160 Å². The molecule has 6 aliphatic rings. The smallest absolute Gasteiger partial charge is 0.521 e. The summed E-state index contributed by atoms with van der Waals surface area (Å²) in [5.41, 5.74) is 3.88. The highest BCUT2D eigenvalue weighted by Crippen LogP contribution is 2.39. The molecule has 27 nitrogen and oxygen atoms in total. The third-order valence-corrected chi connectivity index (χ3v) is 17.6. The van der Waals surface area contributed by atoms with E-state index in [1.54, 1.807) is 75.9 Å². The van der Waals surface area contributed by atoms with Gasteiger partial charge >= 0.3 is 26.5 Å². The molecule has 522 valence electrons. The number of hydrogen-bond donors (Lipinski definition) is 3. The lowest BCUT2D eigenvalue weighted by atomic mass is 9.98. The largest absolute Gasteiger partial charge is 0.565 e. The highest BCUT2D eigenvalue weighted by Gasteiger charge is 2.37. The van der Waals surface area contributed by atoms with Crippen LogP contribution in [0.25, 0.3) is 11.3 Å². The summed E-state index contributed by atoms with van der Waals surface area (Å²) in [5.74, 6) is 3.42. The van der Waals surface area contributed by atoms with Crippen molar-refractivity contribution in [3.63, 3.8) is 0 Å². The fourth-order valence-corrected chi connectivity index (χ4v) is 12.6. The number of fused-ring (bicyclic) bond motifs is 2. The third kappa shape index (κ3) is 18.2. The highest BCUT2D eigenvalue weighted by atomic mass is 35.5. The summed E-state index contributed by atoms with van der Waals surface area (Å²) < 4.78 is 37.8. The number of piperidine rings is 3. The number of halogens is 2. The molecule has 6 aliphatic heterocycles. The van der Waals surface area contributed by atoms with E-state index in [0.29, 0.717) is 84.4 Å². The van der Waals surface area contributed by atoms with E-state index in [1.807, 2.05) is 51.7 Å². The fraction of sp³-hybridized carbons (Fsp3) is 0.561. The number of nitrogens with one attached hydrogen (secondary N) is 2. The lowest BCUT2D eigenvalue weighted by Gasteiger charge is -2.37. The van der Waals surface area contributed by atoms with Gasteiger partial charge in [0.1, 0.15) is 28.9 Å². The van der Waals surface area contributed by atoms with Crippen LogP contribution in [0.2, 0.25) is 10.0 Å². The van der Waals surface area contributed by atoms with Crippen LogP contribution in [-0.2, 0) is 23.5 Å². The molecule has 0 spiro atoms. The number of carbonyl (C=O) groups excluding carboxylic acids is 5. The van der Waals surface area contributed by atoms with Crippen LogP contribution in [0.4, 0.5) is 49.0 Å². The van der Waals surface area contributed by atoms with Crippen molar-refractivity contribution in [1.29, 1.82) is 0 Å². The second-order valence-corrected chi connectivity index (χ2v) is 27.2. The van der Waals surface area contributed by atoms with Crippen LogP contribution in [0.15, 0.2) is 60.7 Å². The molecule has 96 heavy (non-hydrogen) atoms. The monoisotopic (exact) mass is 1390 g/mol. The number of anilines is 6. The van der Waals surface area contributed by atoms with Crippen LogP contribution < -0.4 is 35.1 Å². The first-order valence-corrected chi connectivity index (χ1v) is 35.0. The van der Waals surface area contributed by atoms with Gasteiger partial charge in [0.25, 0.3) is 11.8 Å². The van der Waals surface area contributed by atoms with Crippen molar-refractivity contribution < 1.29 is 60.4 Å². The maximum absolute atomic E-state index is 14.2. The topological polar surface area (TPSA) is 290 Å². The Kier molecular flexibility index (Phi) is 24.4. The maximum atomic E-state index is 14.2. The van der Waals surface area contributed by atoms with Gasteiger partial charge in [0, 0.05) is 120 Å². The summed E-state index contributed by atoms with van der Waals surface area (Å²) in [7, 11) is -3.04. The molecule has 2 aromatic carbocycles. The van der Waals surface area contributed by atoms with Crippen LogP contribution in [0, 0.1) is 0 Å². The minimum Gasteiger partial charge on any atom is -0.565 e. The van der Waals surface area contributed by atoms with Gasteiger partial charge < -0.3 is 53.4 Å². The molecular weight excluding hydrogens is 1300 g/mol. The normalized spacial score (nSPS) is 18.4. The second kappa shape index (κ2) is 33.0. The number of benzene rings is 2. The van der Waals surface area contributed by atoms with E-state index in [2.05, 4.69) is 47.0 Å². The minimum absolute atomic E-state index is 0. The Morgan fingerprint density at radius 2 is 1.00 bits per heavy atom. The fourth-order valence-electron chi connectivity index (χ4n) is 12.3. The maximum Gasteiger partial charge on any atom is 0.521 e. The molecule has 6 fully saturated rings. The van der Waals surface area contributed by atoms with Crippen LogP contribution in [0.1, 0.15) is 180 Å². The molecule has 1 unspecified atom stereocenters. The van der Waals surface area contributed by atoms with Gasteiger partial charge in [0.05, 0.1) is 58.2 Å².